The van der Waals surface area contributed by atoms with Gasteiger partial charge in [-0.3, -0.25) is 9.79 Å². The van der Waals surface area contributed by atoms with Crippen molar-refractivity contribution in [2.24, 2.45) is 10.7 Å². The third kappa shape index (κ3) is 4.85. The van der Waals surface area contributed by atoms with Crippen LogP contribution < -0.4 is 11.1 Å². The van der Waals surface area contributed by atoms with Crippen LogP contribution in [-0.2, 0) is 11.2 Å². The molecule has 0 unspecified atom stereocenters. The molecule has 1 aliphatic heterocycles. The van der Waals surface area contributed by atoms with Crippen LogP contribution in [0.3, 0.4) is 0 Å². The Kier molecular flexibility index (Phi) is 5.86. The van der Waals surface area contributed by atoms with Gasteiger partial charge >= 0.3 is 0 Å². The lowest BCUT2D eigenvalue weighted by molar-refractivity contribution is -0.129. The molecule has 6 heteroatoms. The van der Waals surface area contributed by atoms with Crippen molar-refractivity contribution in [3.05, 3.63) is 22.4 Å². The number of nitrogens with two attached hydrogens (primary N) is 1. The lowest BCUT2D eigenvalue weighted by Gasteiger charge is -2.15. The second-order valence-electron chi connectivity index (χ2n) is 4.86. The molecule has 0 aromatic carbocycles. The molecular formula is C14H22N4OS. The van der Waals surface area contributed by atoms with E-state index in [1.165, 1.54) is 4.88 Å². The van der Waals surface area contributed by atoms with Crippen LogP contribution in [0.25, 0.3) is 0 Å². The summed E-state index contributed by atoms with van der Waals surface area (Å²) in [4.78, 5) is 19.3. The summed E-state index contributed by atoms with van der Waals surface area (Å²) < 4.78 is 0. The zero-order chi connectivity index (χ0) is 14.2. The van der Waals surface area contributed by atoms with Crippen molar-refractivity contribution in [2.45, 2.75) is 25.7 Å². The van der Waals surface area contributed by atoms with Crippen molar-refractivity contribution in [3.8, 4) is 0 Å². The zero-order valence-electron chi connectivity index (χ0n) is 11.7. The number of thiophene rings is 1. The van der Waals surface area contributed by atoms with Crippen molar-refractivity contribution in [2.75, 3.05) is 26.2 Å². The number of guanidine groups is 1. The molecule has 5 nitrogen and oxygen atoms in total. The predicted molar refractivity (Wildman–Crippen MR) is 82.9 cm³/mol. The SMILES string of the molecule is NC(=NCCc1cccs1)NCCC(=O)N1CCCC1. The van der Waals surface area contributed by atoms with Gasteiger partial charge in [0, 0.05) is 43.9 Å². The van der Waals surface area contributed by atoms with Gasteiger partial charge in [-0.1, -0.05) is 6.07 Å². The quantitative estimate of drug-likeness (QED) is 0.612. The number of hydrogen-bond donors (Lipinski definition) is 2. The number of amides is 1. The number of aliphatic imine (C=N–C) groups is 1. The number of nitrogens with zero attached hydrogens (tertiary/aromatic N) is 2. The number of rotatable bonds is 6. The minimum Gasteiger partial charge on any atom is -0.370 e. The average Bonchev–Trinajstić information content (AvgIpc) is 3.12. The molecule has 0 aliphatic carbocycles. The Morgan fingerprint density at radius 1 is 1.45 bits per heavy atom. The van der Waals surface area contributed by atoms with Crippen LogP contribution in [0.1, 0.15) is 24.1 Å². The molecular weight excluding hydrogens is 272 g/mol. The van der Waals surface area contributed by atoms with Gasteiger partial charge in [-0.2, -0.15) is 0 Å². The average molecular weight is 294 g/mol. The molecule has 110 valence electrons. The van der Waals surface area contributed by atoms with E-state index in [1.54, 1.807) is 11.3 Å². The third-order valence-corrected chi connectivity index (χ3v) is 4.26. The van der Waals surface area contributed by atoms with E-state index >= 15 is 0 Å². The predicted octanol–water partition coefficient (Wildman–Crippen LogP) is 1.21. The maximum Gasteiger partial charge on any atom is 0.224 e. The van der Waals surface area contributed by atoms with Crippen molar-refractivity contribution in [1.82, 2.24) is 10.2 Å². The minimum atomic E-state index is 0.210. The fourth-order valence-electron chi connectivity index (χ4n) is 2.22. The highest BCUT2D eigenvalue weighted by Crippen LogP contribution is 2.09. The normalized spacial score (nSPS) is 15.6. The smallest absolute Gasteiger partial charge is 0.224 e. The second-order valence-corrected chi connectivity index (χ2v) is 5.89. The Balaban J connectivity index is 1.59. The fraction of sp³-hybridized carbons (Fsp3) is 0.571. The maximum absolute atomic E-state index is 11.8. The van der Waals surface area contributed by atoms with E-state index in [0.717, 1.165) is 32.4 Å². The van der Waals surface area contributed by atoms with Crippen molar-refractivity contribution in [1.29, 1.82) is 0 Å². The van der Waals surface area contributed by atoms with Crippen LogP contribution in [0.4, 0.5) is 0 Å². The van der Waals surface area contributed by atoms with Gasteiger partial charge < -0.3 is 16.0 Å². The molecule has 0 bridgehead atoms. The molecule has 1 aliphatic rings. The first-order valence-corrected chi connectivity index (χ1v) is 7.97. The first-order valence-electron chi connectivity index (χ1n) is 7.09. The number of nitrogens with one attached hydrogen (secondary N) is 1. The first kappa shape index (κ1) is 14.8. The molecule has 2 rings (SSSR count). The molecule has 2 heterocycles. The number of carbonyl (C=O) groups excluding carboxylic acids is 1. The largest absolute Gasteiger partial charge is 0.370 e. The summed E-state index contributed by atoms with van der Waals surface area (Å²) in [6, 6.07) is 4.13. The summed E-state index contributed by atoms with van der Waals surface area (Å²) in [5.41, 5.74) is 5.77. The second kappa shape index (κ2) is 7.89. The van der Waals surface area contributed by atoms with Gasteiger partial charge in [0.05, 0.1) is 0 Å². The van der Waals surface area contributed by atoms with E-state index in [9.17, 15) is 4.79 Å². The Hall–Kier alpha value is -1.56. The zero-order valence-corrected chi connectivity index (χ0v) is 12.5. The Morgan fingerprint density at radius 2 is 2.25 bits per heavy atom. The molecule has 20 heavy (non-hydrogen) atoms. The number of likely N-dealkylation sites (tertiary alicyclic amines) is 1. The standard InChI is InChI=1S/C14H22N4OS/c15-14(16-7-5-12-4-3-11-20-12)17-8-6-13(19)18-9-1-2-10-18/h3-4,11H,1-2,5-10H2,(H3,15,16,17). The van der Waals surface area contributed by atoms with Crippen molar-refractivity contribution >= 4 is 23.2 Å². The molecule has 3 N–H and O–H groups in total. The van der Waals surface area contributed by atoms with Gasteiger partial charge in [-0.05, 0) is 24.3 Å². The maximum atomic E-state index is 11.8. The van der Waals surface area contributed by atoms with Gasteiger partial charge in [0.25, 0.3) is 0 Å². The number of hydrogen-bond acceptors (Lipinski definition) is 3. The van der Waals surface area contributed by atoms with E-state index in [2.05, 4.69) is 21.8 Å². The Bertz CT molecular complexity index is 438. The van der Waals surface area contributed by atoms with E-state index in [0.29, 0.717) is 25.5 Å². The molecule has 1 amide bonds. The van der Waals surface area contributed by atoms with Crippen LogP contribution in [0.15, 0.2) is 22.5 Å². The van der Waals surface area contributed by atoms with E-state index in [-0.39, 0.29) is 5.91 Å². The van der Waals surface area contributed by atoms with Crippen LogP contribution in [0.2, 0.25) is 0 Å². The summed E-state index contributed by atoms with van der Waals surface area (Å²) in [7, 11) is 0. The molecule has 0 saturated carbocycles. The van der Waals surface area contributed by atoms with Gasteiger partial charge in [0.1, 0.15) is 0 Å². The molecule has 0 radical (unpaired) electrons. The van der Waals surface area contributed by atoms with Crippen LogP contribution in [-0.4, -0.2) is 42.9 Å². The minimum absolute atomic E-state index is 0.210. The van der Waals surface area contributed by atoms with Gasteiger partial charge in [-0.15, -0.1) is 11.3 Å². The summed E-state index contributed by atoms with van der Waals surface area (Å²) >= 11 is 1.73. The fourth-order valence-corrected chi connectivity index (χ4v) is 2.92. The van der Waals surface area contributed by atoms with Gasteiger partial charge in [-0.25, -0.2) is 0 Å². The van der Waals surface area contributed by atoms with Gasteiger partial charge in [0.15, 0.2) is 5.96 Å². The summed E-state index contributed by atoms with van der Waals surface area (Å²) in [6.45, 7) is 3.05. The highest BCUT2D eigenvalue weighted by Gasteiger charge is 2.16. The highest BCUT2D eigenvalue weighted by molar-refractivity contribution is 7.09. The molecule has 1 aromatic heterocycles. The first-order chi connectivity index (χ1) is 9.75. The number of carbonyl (C=O) groups is 1. The van der Waals surface area contributed by atoms with E-state index in [1.807, 2.05) is 11.0 Å². The van der Waals surface area contributed by atoms with Crippen LogP contribution in [0.5, 0.6) is 0 Å². The molecule has 0 spiro atoms. The molecule has 0 atom stereocenters. The lowest BCUT2D eigenvalue weighted by atomic mass is 10.3. The van der Waals surface area contributed by atoms with Crippen LogP contribution in [0, 0.1) is 0 Å². The topological polar surface area (TPSA) is 70.7 Å². The summed E-state index contributed by atoms with van der Waals surface area (Å²) in [6.07, 6.45) is 3.66. The molecule has 1 aromatic rings. The molecule has 1 saturated heterocycles. The van der Waals surface area contributed by atoms with Gasteiger partial charge in [0.2, 0.25) is 5.91 Å². The summed E-state index contributed by atoms with van der Waals surface area (Å²) in [5, 5.41) is 5.06. The van der Waals surface area contributed by atoms with E-state index < -0.39 is 0 Å². The van der Waals surface area contributed by atoms with E-state index in [4.69, 9.17) is 5.73 Å². The lowest BCUT2D eigenvalue weighted by Crippen LogP contribution is -2.36. The monoisotopic (exact) mass is 294 g/mol. The van der Waals surface area contributed by atoms with Crippen LogP contribution >= 0.6 is 11.3 Å². The Labute approximate surface area is 123 Å². The summed E-state index contributed by atoms with van der Waals surface area (Å²) in [5.74, 6) is 0.636. The third-order valence-electron chi connectivity index (χ3n) is 3.32. The highest BCUT2D eigenvalue weighted by atomic mass is 32.1. The van der Waals surface area contributed by atoms with Crippen molar-refractivity contribution in [3.63, 3.8) is 0 Å². The van der Waals surface area contributed by atoms with Crippen molar-refractivity contribution < 1.29 is 4.79 Å². The Morgan fingerprint density at radius 3 is 2.95 bits per heavy atom. The molecule has 1 fully saturated rings.